The minimum absolute atomic E-state index is 0.0257. The Kier molecular flexibility index (Phi) is 3.98. The molecular weight excluding hydrogens is 382 g/mol. The number of hydrogen-bond donors (Lipinski definition) is 4. The van der Waals surface area contributed by atoms with E-state index >= 15 is 0 Å². The van der Waals surface area contributed by atoms with Crippen LogP contribution in [0.3, 0.4) is 0 Å². The van der Waals surface area contributed by atoms with E-state index in [0.29, 0.717) is 0 Å². The monoisotopic (exact) mass is 395 g/mol. The number of esters is 1. The molecule has 0 fully saturated rings. The predicted molar refractivity (Wildman–Crippen MR) is 96.7 cm³/mol. The number of ether oxygens (including phenoxy) is 1. The van der Waals surface area contributed by atoms with Crippen molar-refractivity contribution >= 4 is 29.2 Å². The summed E-state index contributed by atoms with van der Waals surface area (Å²) in [7, 11) is 0. The molecule has 1 aliphatic carbocycles. The highest BCUT2D eigenvalue weighted by atomic mass is 16.5. The Morgan fingerprint density at radius 2 is 1.66 bits per heavy atom. The fourth-order valence-electron chi connectivity index (χ4n) is 3.40. The van der Waals surface area contributed by atoms with Gasteiger partial charge in [-0.15, -0.1) is 0 Å². The molecule has 29 heavy (non-hydrogen) atoms. The van der Waals surface area contributed by atoms with E-state index < -0.39 is 41.3 Å². The third-order valence-corrected chi connectivity index (χ3v) is 4.82. The number of aromatic hydroxyl groups is 1. The lowest BCUT2D eigenvalue weighted by molar-refractivity contribution is -0.137. The normalized spacial score (nSPS) is 17.3. The number of nitrogens with one attached hydrogen (secondary N) is 1. The molecule has 0 atom stereocenters. The standard InChI is InChI=1S/C20H13NO8/c22-14-6-5-9(18(25)26)7-12(14)21-13-8-29-19(27)15(13)20(28)16(23)10-3-1-2-4-11(10)17(20)24/h1-7,21-22,28H,8H2,(H,25,26). The first-order chi connectivity index (χ1) is 13.7. The second-order valence-electron chi connectivity index (χ2n) is 6.51. The number of rotatable bonds is 4. The zero-order chi connectivity index (χ0) is 20.9. The largest absolute Gasteiger partial charge is 0.506 e. The third-order valence-electron chi connectivity index (χ3n) is 4.82. The van der Waals surface area contributed by atoms with Gasteiger partial charge >= 0.3 is 11.9 Å². The van der Waals surface area contributed by atoms with Crippen LogP contribution in [0.5, 0.6) is 5.75 Å². The summed E-state index contributed by atoms with van der Waals surface area (Å²) < 4.78 is 4.90. The highest BCUT2D eigenvalue weighted by molar-refractivity contribution is 6.36. The van der Waals surface area contributed by atoms with Crippen LogP contribution in [0.25, 0.3) is 0 Å². The topological polar surface area (TPSA) is 150 Å². The molecule has 4 rings (SSSR count). The number of ketones is 2. The van der Waals surface area contributed by atoms with E-state index in [0.717, 1.165) is 12.1 Å². The number of carboxylic acid groups (broad SMARTS) is 1. The summed E-state index contributed by atoms with van der Waals surface area (Å²) in [5, 5.41) is 32.8. The minimum atomic E-state index is -2.78. The van der Waals surface area contributed by atoms with Crippen LogP contribution in [-0.4, -0.2) is 51.0 Å². The predicted octanol–water partition coefficient (Wildman–Crippen LogP) is 1.12. The summed E-state index contributed by atoms with van der Waals surface area (Å²) >= 11 is 0. The van der Waals surface area contributed by atoms with E-state index in [1.165, 1.54) is 30.3 Å². The molecular formula is C20H13NO8. The minimum Gasteiger partial charge on any atom is -0.506 e. The van der Waals surface area contributed by atoms with Crippen molar-refractivity contribution in [1.82, 2.24) is 0 Å². The molecule has 9 heteroatoms. The third kappa shape index (κ3) is 2.59. The summed E-state index contributed by atoms with van der Waals surface area (Å²) in [5.41, 5.74) is -3.82. The lowest BCUT2D eigenvalue weighted by Gasteiger charge is -2.20. The summed E-state index contributed by atoms with van der Waals surface area (Å²) in [6, 6.07) is 9.16. The van der Waals surface area contributed by atoms with E-state index in [2.05, 4.69) is 5.32 Å². The molecule has 0 radical (unpaired) electrons. The van der Waals surface area contributed by atoms with Gasteiger partial charge in [-0.05, 0) is 18.2 Å². The number of carbonyl (C=O) groups excluding carboxylic acids is 3. The van der Waals surface area contributed by atoms with Crippen molar-refractivity contribution < 1.29 is 39.2 Å². The van der Waals surface area contributed by atoms with Crippen molar-refractivity contribution in [3.8, 4) is 5.75 Å². The molecule has 146 valence electrons. The Hall–Kier alpha value is -3.98. The number of anilines is 1. The average Bonchev–Trinajstić information content (AvgIpc) is 3.16. The van der Waals surface area contributed by atoms with Crippen LogP contribution in [-0.2, 0) is 9.53 Å². The maximum Gasteiger partial charge on any atom is 0.340 e. The Morgan fingerprint density at radius 3 is 2.24 bits per heavy atom. The van der Waals surface area contributed by atoms with Gasteiger partial charge in [0.05, 0.1) is 16.9 Å². The van der Waals surface area contributed by atoms with E-state index in [-0.39, 0.29) is 33.8 Å². The van der Waals surface area contributed by atoms with Crippen LogP contribution < -0.4 is 5.32 Å². The SMILES string of the molecule is O=C1OCC(Nc2cc(C(=O)O)ccc2O)=C1C1(O)C(=O)c2ccccc2C1=O. The van der Waals surface area contributed by atoms with Crippen LogP contribution in [0, 0.1) is 0 Å². The zero-order valence-electron chi connectivity index (χ0n) is 14.6. The number of Topliss-reactive ketones (excluding diaryl/α,β-unsaturated/α-hetero) is 2. The first-order valence-corrected chi connectivity index (χ1v) is 8.40. The van der Waals surface area contributed by atoms with Gasteiger partial charge < -0.3 is 25.4 Å². The molecule has 2 aliphatic rings. The first kappa shape index (κ1) is 18.4. The highest BCUT2D eigenvalue weighted by Crippen LogP contribution is 2.39. The lowest BCUT2D eigenvalue weighted by Crippen LogP contribution is -2.46. The number of hydrogen-bond acceptors (Lipinski definition) is 8. The molecule has 4 N–H and O–H groups in total. The van der Waals surface area contributed by atoms with Crippen LogP contribution in [0.15, 0.2) is 53.7 Å². The number of carboxylic acids is 1. The second kappa shape index (κ2) is 6.28. The molecule has 0 spiro atoms. The fourth-order valence-corrected chi connectivity index (χ4v) is 3.40. The van der Waals surface area contributed by atoms with Crippen molar-refractivity contribution in [2.75, 3.05) is 11.9 Å². The Labute approximate surface area is 162 Å². The Bertz CT molecular complexity index is 1110. The van der Waals surface area contributed by atoms with Crippen LogP contribution in [0.4, 0.5) is 5.69 Å². The van der Waals surface area contributed by atoms with Gasteiger partial charge in [0.25, 0.3) is 0 Å². The van der Waals surface area contributed by atoms with Crippen LogP contribution in [0.1, 0.15) is 31.1 Å². The molecule has 2 aromatic rings. The molecule has 0 saturated carbocycles. The summed E-state index contributed by atoms with van der Waals surface area (Å²) in [4.78, 5) is 49.1. The molecule has 1 heterocycles. The van der Waals surface area contributed by atoms with Gasteiger partial charge in [-0.3, -0.25) is 9.59 Å². The highest BCUT2D eigenvalue weighted by Gasteiger charge is 2.59. The van der Waals surface area contributed by atoms with Gasteiger partial charge in [0.15, 0.2) is 0 Å². The van der Waals surface area contributed by atoms with Crippen molar-refractivity contribution in [2.24, 2.45) is 0 Å². The quantitative estimate of drug-likeness (QED) is 0.339. The molecule has 0 saturated heterocycles. The first-order valence-electron chi connectivity index (χ1n) is 8.40. The Morgan fingerprint density at radius 1 is 1.03 bits per heavy atom. The number of cyclic esters (lactones) is 1. The van der Waals surface area contributed by atoms with E-state index in [1.807, 2.05) is 0 Å². The average molecular weight is 395 g/mol. The van der Waals surface area contributed by atoms with Gasteiger partial charge in [-0.2, -0.15) is 0 Å². The Balaban J connectivity index is 1.82. The maximum absolute atomic E-state index is 12.8. The van der Waals surface area contributed by atoms with Gasteiger partial charge in [-0.25, -0.2) is 9.59 Å². The van der Waals surface area contributed by atoms with Crippen molar-refractivity contribution in [2.45, 2.75) is 5.60 Å². The van der Waals surface area contributed by atoms with Crippen molar-refractivity contribution in [3.63, 3.8) is 0 Å². The molecule has 0 bridgehead atoms. The van der Waals surface area contributed by atoms with Crippen molar-refractivity contribution in [1.29, 1.82) is 0 Å². The number of phenolic OH excluding ortho intramolecular Hbond substituents is 1. The summed E-state index contributed by atoms with van der Waals surface area (Å²) in [6.07, 6.45) is 0. The number of aromatic carboxylic acids is 1. The van der Waals surface area contributed by atoms with Crippen LogP contribution >= 0.6 is 0 Å². The second-order valence-corrected chi connectivity index (χ2v) is 6.51. The smallest absolute Gasteiger partial charge is 0.340 e. The van der Waals surface area contributed by atoms with Gasteiger partial charge in [0.1, 0.15) is 17.9 Å². The molecule has 0 aromatic heterocycles. The van der Waals surface area contributed by atoms with Gasteiger partial charge in [-0.1, -0.05) is 24.3 Å². The van der Waals surface area contributed by atoms with E-state index in [9.17, 15) is 29.4 Å². The number of carbonyl (C=O) groups is 4. The van der Waals surface area contributed by atoms with Crippen LogP contribution in [0.2, 0.25) is 0 Å². The number of phenols is 1. The number of fused-ring (bicyclic) bond motifs is 1. The molecule has 1 aliphatic heterocycles. The van der Waals surface area contributed by atoms with Gasteiger partial charge in [0.2, 0.25) is 17.2 Å². The molecule has 0 unspecified atom stereocenters. The lowest BCUT2D eigenvalue weighted by atomic mass is 9.87. The van der Waals surface area contributed by atoms with E-state index in [1.54, 1.807) is 0 Å². The molecule has 2 aromatic carbocycles. The maximum atomic E-state index is 12.8. The van der Waals surface area contributed by atoms with E-state index in [4.69, 9.17) is 9.84 Å². The fraction of sp³-hybridized carbons (Fsp3) is 0.100. The number of aliphatic hydroxyl groups is 1. The molecule has 0 amide bonds. The molecule has 9 nitrogen and oxygen atoms in total. The zero-order valence-corrected chi connectivity index (χ0v) is 14.6. The summed E-state index contributed by atoms with van der Waals surface area (Å²) in [6.45, 7) is -0.413. The van der Waals surface area contributed by atoms with Gasteiger partial charge in [0, 0.05) is 11.1 Å². The summed E-state index contributed by atoms with van der Waals surface area (Å²) in [5.74, 6) is -4.60. The number of benzene rings is 2. The van der Waals surface area contributed by atoms with Crippen molar-refractivity contribution in [3.05, 3.63) is 70.4 Å².